The number of likely N-dealkylation sites (tertiary alicyclic amines) is 1. The molecule has 2 aromatic rings. The summed E-state index contributed by atoms with van der Waals surface area (Å²) < 4.78 is 27.8. The summed E-state index contributed by atoms with van der Waals surface area (Å²) in [7, 11) is -3.38. The van der Waals surface area contributed by atoms with Crippen LogP contribution in [0.5, 0.6) is 0 Å². The molecular weight excluding hydrogens is 356 g/mol. The normalized spacial score (nSPS) is 24.8. The minimum Gasteiger partial charge on any atom is -0.299 e. The molecule has 27 heavy (non-hydrogen) atoms. The van der Waals surface area contributed by atoms with Crippen LogP contribution in [0.3, 0.4) is 0 Å². The van der Waals surface area contributed by atoms with E-state index in [1.54, 1.807) is 10.4 Å². The summed E-state index contributed by atoms with van der Waals surface area (Å²) in [6.07, 6.45) is 0.928. The third-order valence-corrected chi connectivity index (χ3v) is 8.21. The second-order valence-corrected chi connectivity index (χ2v) is 9.92. The van der Waals surface area contributed by atoms with Crippen LogP contribution < -0.4 is 0 Å². The van der Waals surface area contributed by atoms with E-state index in [0.717, 1.165) is 25.1 Å². The fraction of sp³-hybridized carbons (Fsp3) is 0.455. The lowest BCUT2D eigenvalue weighted by Crippen LogP contribution is -2.64. The van der Waals surface area contributed by atoms with Crippen molar-refractivity contribution in [3.8, 4) is 0 Å². The van der Waals surface area contributed by atoms with E-state index >= 15 is 0 Å². The highest BCUT2D eigenvalue weighted by molar-refractivity contribution is 7.89. The maximum Gasteiger partial charge on any atom is 0.243 e. The topological polar surface area (TPSA) is 40.6 Å². The van der Waals surface area contributed by atoms with Crippen molar-refractivity contribution in [3.05, 3.63) is 65.7 Å². The number of piperidine rings is 1. The fourth-order valence-electron chi connectivity index (χ4n) is 4.60. The minimum absolute atomic E-state index is 0.456. The zero-order valence-electron chi connectivity index (χ0n) is 16.1. The van der Waals surface area contributed by atoms with E-state index in [-0.39, 0.29) is 0 Å². The van der Waals surface area contributed by atoms with Crippen LogP contribution in [0.2, 0.25) is 0 Å². The highest BCUT2D eigenvalue weighted by Gasteiger charge is 2.45. The minimum atomic E-state index is -3.38. The molecule has 4 nitrogen and oxygen atoms in total. The zero-order chi connectivity index (χ0) is 19.0. The second kappa shape index (κ2) is 7.38. The average molecular weight is 385 g/mol. The molecular formula is C22H28N2O2S. The van der Waals surface area contributed by atoms with Crippen LogP contribution in [0.4, 0.5) is 0 Å². The maximum absolute atomic E-state index is 13.0. The van der Waals surface area contributed by atoms with Gasteiger partial charge in [0, 0.05) is 38.1 Å². The Bertz CT molecular complexity index is 898. The molecule has 2 fully saturated rings. The monoisotopic (exact) mass is 384 g/mol. The lowest BCUT2D eigenvalue weighted by Gasteiger charge is -2.53. The van der Waals surface area contributed by atoms with Gasteiger partial charge in [-0.3, -0.25) is 4.90 Å². The molecule has 2 aromatic carbocycles. The Morgan fingerprint density at radius 3 is 2.44 bits per heavy atom. The molecule has 2 aliphatic heterocycles. The number of aryl methyl sites for hydroxylation is 1. The van der Waals surface area contributed by atoms with E-state index in [2.05, 4.69) is 42.2 Å². The predicted molar refractivity (Wildman–Crippen MR) is 108 cm³/mol. The Morgan fingerprint density at radius 1 is 1.04 bits per heavy atom. The summed E-state index contributed by atoms with van der Waals surface area (Å²) in [5.41, 5.74) is 2.20. The quantitative estimate of drug-likeness (QED) is 0.792. The van der Waals surface area contributed by atoms with E-state index in [1.165, 1.54) is 5.56 Å². The smallest absolute Gasteiger partial charge is 0.243 e. The summed E-state index contributed by atoms with van der Waals surface area (Å²) in [4.78, 5) is 3.00. The van der Waals surface area contributed by atoms with Gasteiger partial charge in [-0.1, -0.05) is 55.5 Å². The van der Waals surface area contributed by atoms with Crippen molar-refractivity contribution in [2.24, 2.45) is 5.92 Å². The molecule has 0 aromatic heterocycles. The summed E-state index contributed by atoms with van der Waals surface area (Å²) >= 11 is 0. The van der Waals surface area contributed by atoms with Gasteiger partial charge in [0.05, 0.1) is 4.90 Å². The lowest BCUT2D eigenvalue weighted by atomic mass is 9.82. The molecule has 0 saturated carbocycles. The van der Waals surface area contributed by atoms with Crippen molar-refractivity contribution in [2.75, 3.05) is 26.2 Å². The Morgan fingerprint density at radius 2 is 1.74 bits per heavy atom. The first-order chi connectivity index (χ1) is 13.0. The molecule has 2 aliphatic rings. The number of hydrogen-bond acceptors (Lipinski definition) is 3. The third-order valence-electron chi connectivity index (χ3n) is 6.18. The molecule has 0 unspecified atom stereocenters. The number of benzene rings is 2. The van der Waals surface area contributed by atoms with Crippen molar-refractivity contribution >= 4 is 10.0 Å². The van der Waals surface area contributed by atoms with Gasteiger partial charge < -0.3 is 0 Å². The van der Waals surface area contributed by atoms with E-state index in [4.69, 9.17) is 0 Å². The summed E-state index contributed by atoms with van der Waals surface area (Å²) in [6.45, 7) is 7.47. The van der Waals surface area contributed by atoms with Crippen molar-refractivity contribution in [2.45, 2.75) is 37.1 Å². The highest BCUT2D eigenvalue weighted by atomic mass is 32.2. The zero-order valence-corrected chi connectivity index (χ0v) is 16.9. The number of nitrogens with zero attached hydrogens (tertiary/aromatic N) is 2. The number of hydrogen-bond donors (Lipinski definition) is 0. The van der Waals surface area contributed by atoms with E-state index < -0.39 is 10.0 Å². The second-order valence-electron chi connectivity index (χ2n) is 8.01. The van der Waals surface area contributed by atoms with Gasteiger partial charge >= 0.3 is 0 Å². The Kier molecular flexibility index (Phi) is 5.10. The number of fused-ring (bicyclic) bond motifs is 1. The van der Waals surface area contributed by atoms with E-state index in [9.17, 15) is 8.42 Å². The van der Waals surface area contributed by atoms with Gasteiger partial charge in [-0.25, -0.2) is 8.42 Å². The van der Waals surface area contributed by atoms with E-state index in [0.29, 0.717) is 35.9 Å². The first-order valence-electron chi connectivity index (χ1n) is 9.81. The molecule has 4 rings (SSSR count). The number of rotatable bonds is 5. The van der Waals surface area contributed by atoms with Crippen LogP contribution in [-0.4, -0.2) is 49.8 Å². The van der Waals surface area contributed by atoms with E-state index in [1.807, 2.05) is 25.1 Å². The van der Waals surface area contributed by atoms with Gasteiger partial charge in [-0.2, -0.15) is 4.31 Å². The SMILES string of the molecule is Cc1ccccc1S(=O)(=O)N1CC[C@@H]2[C@H](CN2C[C@@H](C)c2ccccc2)C1. The van der Waals surface area contributed by atoms with Gasteiger partial charge in [-0.05, 0) is 36.5 Å². The Balaban J connectivity index is 1.39. The first-order valence-corrected chi connectivity index (χ1v) is 11.3. The van der Waals surface area contributed by atoms with Crippen molar-refractivity contribution in [3.63, 3.8) is 0 Å². The van der Waals surface area contributed by atoms with Crippen LogP contribution >= 0.6 is 0 Å². The van der Waals surface area contributed by atoms with Crippen LogP contribution in [0.1, 0.15) is 30.4 Å². The van der Waals surface area contributed by atoms with Crippen LogP contribution in [-0.2, 0) is 10.0 Å². The molecule has 2 saturated heterocycles. The molecule has 0 radical (unpaired) electrons. The predicted octanol–water partition coefficient (Wildman–Crippen LogP) is 3.49. The van der Waals surface area contributed by atoms with Gasteiger partial charge in [0.2, 0.25) is 10.0 Å². The lowest BCUT2D eigenvalue weighted by molar-refractivity contribution is -0.0272. The summed E-state index contributed by atoms with van der Waals surface area (Å²) in [5.74, 6) is 0.960. The van der Waals surface area contributed by atoms with Crippen LogP contribution in [0.25, 0.3) is 0 Å². The Hall–Kier alpha value is -1.69. The van der Waals surface area contributed by atoms with Gasteiger partial charge in [0.15, 0.2) is 0 Å². The molecule has 0 N–H and O–H groups in total. The molecule has 144 valence electrons. The van der Waals surface area contributed by atoms with Crippen LogP contribution in [0, 0.1) is 12.8 Å². The van der Waals surface area contributed by atoms with Gasteiger partial charge in [0.1, 0.15) is 0 Å². The van der Waals surface area contributed by atoms with Crippen LogP contribution in [0.15, 0.2) is 59.5 Å². The Labute approximate surface area is 162 Å². The summed E-state index contributed by atoms with van der Waals surface area (Å²) in [5, 5.41) is 0. The summed E-state index contributed by atoms with van der Waals surface area (Å²) in [6, 6.07) is 18.5. The molecule has 5 heteroatoms. The highest BCUT2D eigenvalue weighted by Crippen LogP contribution is 2.36. The molecule has 0 aliphatic carbocycles. The molecule has 0 spiro atoms. The van der Waals surface area contributed by atoms with Crippen molar-refractivity contribution in [1.29, 1.82) is 0 Å². The molecule has 2 heterocycles. The van der Waals surface area contributed by atoms with Crippen molar-refractivity contribution < 1.29 is 8.42 Å². The largest absolute Gasteiger partial charge is 0.299 e. The van der Waals surface area contributed by atoms with Gasteiger partial charge in [-0.15, -0.1) is 0 Å². The van der Waals surface area contributed by atoms with Gasteiger partial charge in [0.25, 0.3) is 0 Å². The molecule has 0 bridgehead atoms. The first kappa shape index (κ1) is 18.7. The fourth-order valence-corrected chi connectivity index (χ4v) is 6.33. The maximum atomic E-state index is 13.0. The third kappa shape index (κ3) is 3.56. The standard InChI is InChI=1S/C22H28N2O2S/c1-17-8-6-7-11-22(17)27(25,26)24-13-12-21-20(16-24)15-23(21)14-18(2)19-9-4-3-5-10-19/h3-11,18,20-21H,12-16H2,1-2H3/t18-,20-,21-/m1/s1. The molecule has 3 atom stereocenters. The molecule has 0 amide bonds. The van der Waals surface area contributed by atoms with Crippen molar-refractivity contribution in [1.82, 2.24) is 9.21 Å². The average Bonchev–Trinajstić information content (AvgIpc) is 2.66. The number of sulfonamides is 1.